The Balaban J connectivity index is 1.46. The average molecular weight is 617 g/mol. The number of rotatable bonds is 6. The molecule has 13 heteroatoms. The van der Waals surface area contributed by atoms with Crippen LogP contribution in [-0.2, 0) is 10.3 Å². The fraction of sp³-hybridized carbons (Fsp3) is 0.533. The fourth-order valence-corrected chi connectivity index (χ4v) is 6.67. The maximum Gasteiger partial charge on any atom is 0.410 e. The summed E-state index contributed by atoms with van der Waals surface area (Å²) in [4.78, 5) is 44.8. The van der Waals surface area contributed by atoms with E-state index in [-0.39, 0.29) is 28.6 Å². The lowest BCUT2D eigenvalue weighted by Gasteiger charge is -2.42. The molecule has 2 aliphatic rings. The lowest BCUT2D eigenvalue weighted by atomic mass is 9.85. The number of thioether (sulfide) groups is 1. The maximum absolute atomic E-state index is 14.2. The van der Waals surface area contributed by atoms with E-state index < -0.39 is 23.5 Å². The molecule has 0 radical (unpaired) electrons. The van der Waals surface area contributed by atoms with Gasteiger partial charge in [0.05, 0.1) is 11.1 Å². The topological polar surface area (TPSA) is 113 Å². The van der Waals surface area contributed by atoms with Crippen LogP contribution in [0.1, 0.15) is 69.3 Å². The number of halogens is 2. The molecule has 10 nitrogen and oxygen atoms in total. The Labute approximate surface area is 253 Å². The summed E-state index contributed by atoms with van der Waals surface area (Å²) in [5, 5.41) is 8.22. The van der Waals surface area contributed by atoms with Crippen molar-refractivity contribution in [3.05, 3.63) is 51.9 Å². The Kier molecular flexibility index (Phi) is 8.73. The third-order valence-corrected chi connectivity index (χ3v) is 9.08. The second-order valence-electron chi connectivity index (χ2n) is 12.0. The van der Waals surface area contributed by atoms with Crippen molar-refractivity contribution in [1.82, 2.24) is 24.6 Å². The lowest BCUT2D eigenvalue weighted by molar-refractivity contribution is 0.0101. The number of amides is 2. The van der Waals surface area contributed by atoms with Crippen molar-refractivity contribution in [2.75, 3.05) is 43.0 Å². The predicted molar refractivity (Wildman–Crippen MR) is 164 cm³/mol. The fourth-order valence-electron chi connectivity index (χ4n) is 5.76. The molecule has 232 valence electrons. The van der Waals surface area contributed by atoms with Crippen molar-refractivity contribution >= 4 is 46.2 Å². The molecule has 0 aliphatic carbocycles. The molecule has 4 heterocycles. The van der Waals surface area contributed by atoms with E-state index in [1.807, 2.05) is 32.4 Å². The van der Waals surface area contributed by atoms with Gasteiger partial charge in [-0.1, -0.05) is 6.92 Å². The summed E-state index contributed by atoms with van der Waals surface area (Å²) in [7, 11) is 0. The molecule has 0 spiro atoms. The Morgan fingerprint density at radius 2 is 1.81 bits per heavy atom. The van der Waals surface area contributed by atoms with Crippen molar-refractivity contribution in [2.24, 2.45) is 0 Å². The molecule has 3 aromatic rings. The molecule has 2 saturated heterocycles. The molecule has 0 atom stereocenters. The predicted octanol–water partition coefficient (Wildman–Crippen LogP) is 5.73. The third kappa shape index (κ3) is 6.36. The standard InChI is InChI=1S/C30H38F2N6O4S/c1-5-30(9-12-37(13-10-30)28(41)42-29(2,3)4)38-22-8-11-33-26(39)23(22)25(35-38)34-19-6-7-20(21(18-19)24(31)32)27(40)36-14-16-43-17-15-36/h6-8,11,18,24H,5,9-10,12-17H2,1-4H3,(H,33,39)(H,34,35). The quantitative estimate of drug-likeness (QED) is 0.364. The van der Waals surface area contributed by atoms with Gasteiger partial charge in [0.2, 0.25) is 0 Å². The number of fused-ring (bicyclic) bond motifs is 1. The minimum Gasteiger partial charge on any atom is -0.444 e. The zero-order valence-corrected chi connectivity index (χ0v) is 25.7. The highest BCUT2D eigenvalue weighted by Gasteiger charge is 2.39. The van der Waals surface area contributed by atoms with E-state index >= 15 is 0 Å². The van der Waals surface area contributed by atoms with Crippen LogP contribution in [0.25, 0.3) is 10.9 Å². The average Bonchev–Trinajstić information content (AvgIpc) is 3.36. The molecule has 2 aromatic heterocycles. The van der Waals surface area contributed by atoms with Crippen molar-refractivity contribution in [1.29, 1.82) is 0 Å². The molecule has 0 saturated carbocycles. The molecule has 2 amide bonds. The van der Waals surface area contributed by atoms with Gasteiger partial charge in [-0.3, -0.25) is 14.3 Å². The number of anilines is 2. The Bertz CT molecular complexity index is 1550. The number of alkyl halides is 2. The number of H-pyrrole nitrogens is 1. The second kappa shape index (κ2) is 12.2. The van der Waals surface area contributed by atoms with Crippen LogP contribution in [-0.4, -0.2) is 79.9 Å². The molecule has 5 rings (SSSR count). The number of aromatic amines is 1. The summed E-state index contributed by atoms with van der Waals surface area (Å²) in [5.74, 6) is 1.37. The van der Waals surface area contributed by atoms with Gasteiger partial charge in [0.15, 0.2) is 5.82 Å². The first-order valence-corrected chi connectivity index (χ1v) is 15.7. The van der Waals surface area contributed by atoms with Crippen LogP contribution < -0.4 is 10.9 Å². The van der Waals surface area contributed by atoms with Gasteiger partial charge in [0.1, 0.15) is 11.0 Å². The third-order valence-electron chi connectivity index (χ3n) is 8.14. The lowest BCUT2D eigenvalue weighted by Crippen LogP contribution is -2.49. The van der Waals surface area contributed by atoms with Gasteiger partial charge in [-0.2, -0.15) is 16.9 Å². The van der Waals surface area contributed by atoms with Crippen molar-refractivity contribution in [2.45, 2.75) is 64.5 Å². The van der Waals surface area contributed by atoms with Crippen LogP contribution in [0, 0.1) is 0 Å². The van der Waals surface area contributed by atoms with Gasteiger partial charge in [0.25, 0.3) is 17.9 Å². The number of carbonyl (C=O) groups excluding carboxylic acids is 2. The van der Waals surface area contributed by atoms with Gasteiger partial charge in [-0.25, -0.2) is 13.6 Å². The molecule has 2 N–H and O–H groups in total. The summed E-state index contributed by atoms with van der Waals surface area (Å²) in [6, 6.07) is 6.01. The number of benzene rings is 1. The summed E-state index contributed by atoms with van der Waals surface area (Å²) in [6.45, 7) is 9.49. The van der Waals surface area contributed by atoms with E-state index in [1.165, 1.54) is 12.1 Å². The molecule has 2 fully saturated rings. The SMILES string of the molecule is CCC1(n2nc(Nc3ccc(C(=O)N4CCSCC4)c(C(F)F)c3)c3c(=O)[nH]ccc32)CCN(C(=O)OC(C)(C)C)CC1. The minimum atomic E-state index is -2.86. The molecule has 0 bridgehead atoms. The number of hydrogen-bond acceptors (Lipinski definition) is 7. The van der Waals surface area contributed by atoms with Crippen LogP contribution >= 0.6 is 11.8 Å². The highest BCUT2D eigenvalue weighted by molar-refractivity contribution is 7.99. The van der Waals surface area contributed by atoms with E-state index in [0.29, 0.717) is 62.0 Å². The number of pyridine rings is 1. The number of hydrogen-bond donors (Lipinski definition) is 2. The van der Waals surface area contributed by atoms with Crippen LogP contribution in [0.15, 0.2) is 35.3 Å². The first-order valence-electron chi connectivity index (χ1n) is 14.6. The van der Waals surface area contributed by atoms with Crippen LogP contribution in [0.3, 0.4) is 0 Å². The molecular weight excluding hydrogens is 578 g/mol. The number of nitrogens with zero attached hydrogens (tertiary/aromatic N) is 4. The van der Waals surface area contributed by atoms with Gasteiger partial charge in [-0.05, 0) is 64.3 Å². The van der Waals surface area contributed by atoms with Crippen molar-refractivity contribution in [3.8, 4) is 0 Å². The van der Waals surface area contributed by atoms with Gasteiger partial charge >= 0.3 is 6.09 Å². The van der Waals surface area contributed by atoms with E-state index in [4.69, 9.17) is 9.84 Å². The van der Waals surface area contributed by atoms with Crippen molar-refractivity contribution in [3.63, 3.8) is 0 Å². The zero-order chi connectivity index (χ0) is 30.9. The normalized spacial score (nSPS) is 17.4. The molecule has 2 aliphatic heterocycles. The largest absolute Gasteiger partial charge is 0.444 e. The number of ether oxygens (including phenoxy) is 1. The molecule has 0 unspecified atom stereocenters. The molecule has 1 aromatic carbocycles. The maximum atomic E-state index is 14.2. The van der Waals surface area contributed by atoms with Crippen LogP contribution in [0.5, 0.6) is 0 Å². The van der Waals surface area contributed by atoms with E-state index in [2.05, 4.69) is 10.3 Å². The van der Waals surface area contributed by atoms with Crippen LogP contribution in [0.2, 0.25) is 0 Å². The number of nitrogens with one attached hydrogen (secondary N) is 2. The Hall–Kier alpha value is -3.61. The Morgan fingerprint density at radius 1 is 1.12 bits per heavy atom. The summed E-state index contributed by atoms with van der Waals surface area (Å²) >= 11 is 1.73. The highest BCUT2D eigenvalue weighted by Crippen LogP contribution is 2.38. The summed E-state index contributed by atoms with van der Waals surface area (Å²) in [6.07, 6.45) is 0.202. The number of aromatic nitrogens is 3. The minimum absolute atomic E-state index is 0.0256. The monoisotopic (exact) mass is 616 g/mol. The van der Waals surface area contributed by atoms with E-state index in [0.717, 1.165) is 11.5 Å². The summed E-state index contributed by atoms with van der Waals surface area (Å²) < 4.78 is 35.8. The molecule has 43 heavy (non-hydrogen) atoms. The second-order valence-corrected chi connectivity index (χ2v) is 13.2. The van der Waals surface area contributed by atoms with Crippen molar-refractivity contribution < 1.29 is 23.1 Å². The number of piperidine rings is 1. The first-order chi connectivity index (χ1) is 20.4. The van der Waals surface area contributed by atoms with Gasteiger partial charge < -0.3 is 24.8 Å². The van der Waals surface area contributed by atoms with E-state index in [9.17, 15) is 23.2 Å². The summed E-state index contributed by atoms with van der Waals surface area (Å²) in [5.41, 5.74) is -0.954. The number of carbonyl (C=O) groups is 2. The van der Waals surface area contributed by atoms with Crippen LogP contribution in [0.4, 0.5) is 25.1 Å². The van der Waals surface area contributed by atoms with Gasteiger partial charge in [0, 0.05) is 60.7 Å². The Morgan fingerprint density at radius 3 is 2.44 bits per heavy atom. The smallest absolute Gasteiger partial charge is 0.410 e. The highest BCUT2D eigenvalue weighted by atomic mass is 32.2. The van der Waals surface area contributed by atoms with E-state index in [1.54, 1.807) is 39.9 Å². The zero-order valence-electron chi connectivity index (χ0n) is 24.9. The molecular formula is C30H38F2N6O4S. The van der Waals surface area contributed by atoms with Gasteiger partial charge in [-0.15, -0.1) is 0 Å². The first kappa shape index (κ1) is 30.8. The number of likely N-dealkylation sites (tertiary alicyclic amines) is 1.